The van der Waals surface area contributed by atoms with Crippen LogP contribution in [0.4, 0.5) is 0 Å². The van der Waals surface area contributed by atoms with Gasteiger partial charge in [0.05, 0.1) is 12.3 Å². The maximum absolute atomic E-state index is 12.4. The zero-order chi connectivity index (χ0) is 18.1. The van der Waals surface area contributed by atoms with E-state index >= 15 is 0 Å². The number of aryl methyl sites for hydroxylation is 1. The van der Waals surface area contributed by atoms with E-state index in [4.69, 9.17) is 4.74 Å². The first-order valence-corrected chi connectivity index (χ1v) is 9.39. The molecule has 26 heavy (non-hydrogen) atoms. The van der Waals surface area contributed by atoms with Crippen LogP contribution >= 0.6 is 11.8 Å². The molecule has 134 valence electrons. The van der Waals surface area contributed by atoms with Crippen molar-refractivity contribution in [1.29, 1.82) is 0 Å². The van der Waals surface area contributed by atoms with Crippen molar-refractivity contribution in [3.8, 4) is 5.75 Å². The molecular formula is C18H19N5O2S. The van der Waals surface area contributed by atoms with Gasteiger partial charge in [-0.2, -0.15) is 9.61 Å². The molecule has 1 aromatic carbocycles. The molecule has 0 bridgehead atoms. The minimum atomic E-state index is 0.0143. The first kappa shape index (κ1) is 16.8. The Morgan fingerprint density at radius 3 is 3.00 bits per heavy atom. The molecular weight excluding hydrogens is 350 g/mol. The number of carbonyl (C=O) groups excluding carboxylic acids is 1. The summed E-state index contributed by atoms with van der Waals surface area (Å²) < 4.78 is 7.59. The number of fused-ring (bicyclic) bond motifs is 2. The predicted molar refractivity (Wildman–Crippen MR) is 98.4 cm³/mol. The summed E-state index contributed by atoms with van der Waals surface area (Å²) in [6, 6.07) is 11.7. The fourth-order valence-corrected chi connectivity index (χ4v) is 3.76. The number of carbonyl (C=O) groups is 1. The van der Waals surface area contributed by atoms with Crippen LogP contribution in [0, 0.1) is 6.92 Å². The molecule has 0 fully saturated rings. The van der Waals surface area contributed by atoms with Crippen LogP contribution in [0.25, 0.3) is 5.65 Å². The predicted octanol–water partition coefficient (Wildman–Crippen LogP) is 1.99. The molecule has 1 aliphatic rings. The molecule has 8 heteroatoms. The molecule has 3 heterocycles. The van der Waals surface area contributed by atoms with Crippen LogP contribution < -0.4 is 4.74 Å². The van der Waals surface area contributed by atoms with Gasteiger partial charge in [-0.15, -0.1) is 10.2 Å². The van der Waals surface area contributed by atoms with Gasteiger partial charge in [0.2, 0.25) is 5.91 Å². The van der Waals surface area contributed by atoms with Crippen molar-refractivity contribution in [3.05, 3.63) is 47.8 Å². The summed E-state index contributed by atoms with van der Waals surface area (Å²) in [5.41, 5.74) is 1.91. The van der Waals surface area contributed by atoms with Crippen molar-refractivity contribution in [3.63, 3.8) is 0 Å². The Balaban J connectivity index is 1.32. The number of hydrogen-bond acceptors (Lipinski definition) is 6. The Morgan fingerprint density at radius 1 is 1.31 bits per heavy atom. The van der Waals surface area contributed by atoms with Crippen LogP contribution in [-0.4, -0.2) is 56.1 Å². The molecule has 3 aromatic rings. The fraction of sp³-hybridized carbons (Fsp3) is 0.333. The van der Waals surface area contributed by atoms with Crippen molar-refractivity contribution >= 4 is 23.3 Å². The monoisotopic (exact) mass is 369 g/mol. The second-order valence-corrected chi connectivity index (χ2v) is 7.30. The zero-order valence-electron chi connectivity index (χ0n) is 14.6. The molecule has 0 aliphatic carbocycles. The molecule has 2 aromatic heterocycles. The Morgan fingerprint density at radius 2 is 2.15 bits per heavy atom. The van der Waals surface area contributed by atoms with Crippen LogP contribution in [0.2, 0.25) is 0 Å². The van der Waals surface area contributed by atoms with E-state index in [9.17, 15) is 4.79 Å². The van der Waals surface area contributed by atoms with E-state index in [0.717, 1.165) is 23.0 Å². The van der Waals surface area contributed by atoms with Crippen molar-refractivity contribution in [2.75, 3.05) is 19.3 Å². The smallest absolute Gasteiger partial charge is 0.232 e. The van der Waals surface area contributed by atoms with Crippen LogP contribution in [-0.2, 0) is 11.2 Å². The van der Waals surface area contributed by atoms with Gasteiger partial charge in [0, 0.05) is 13.5 Å². The summed E-state index contributed by atoms with van der Waals surface area (Å²) in [5.74, 6) is 2.03. The van der Waals surface area contributed by atoms with E-state index in [0.29, 0.717) is 17.9 Å². The van der Waals surface area contributed by atoms with Gasteiger partial charge in [0.25, 0.3) is 0 Å². The van der Waals surface area contributed by atoms with Crippen molar-refractivity contribution in [2.24, 2.45) is 0 Å². The first-order valence-electron chi connectivity index (χ1n) is 8.40. The second kappa shape index (κ2) is 6.95. The average molecular weight is 369 g/mol. The highest BCUT2D eigenvalue weighted by molar-refractivity contribution is 7.99. The van der Waals surface area contributed by atoms with Gasteiger partial charge in [-0.3, -0.25) is 4.79 Å². The molecule has 0 N–H and O–H groups in total. The second-order valence-electron chi connectivity index (χ2n) is 6.30. The standard InChI is InChI=1S/C18H19N5O2S/c1-12-19-20-16-7-8-17(21-23(12)16)26-11-18(24)22(2)10-14-9-13-5-3-4-6-15(13)25-14/h3-8,14H,9-11H2,1-2H3. The molecule has 1 atom stereocenters. The SMILES string of the molecule is Cc1nnc2ccc(SCC(=O)N(C)CC3Cc4ccccc4O3)nn12. The molecule has 1 unspecified atom stereocenters. The number of para-hydroxylation sites is 1. The highest BCUT2D eigenvalue weighted by Gasteiger charge is 2.25. The highest BCUT2D eigenvalue weighted by Crippen LogP contribution is 2.28. The minimum Gasteiger partial charge on any atom is -0.488 e. The molecule has 1 amide bonds. The minimum absolute atomic E-state index is 0.0143. The van der Waals surface area contributed by atoms with Crippen molar-refractivity contribution in [2.45, 2.75) is 24.5 Å². The molecule has 0 radical (unpaired) electrons. The van der Waals surface area contributed by atoms with E-state index in [-0.39, 0.29) is 12.0 Å². The summed E-state index contributed by atoms with van der Waals surface area (Å²) in [4.78, 5) is 14.2. The van der Waals surface area contributed by atoms with E-state index in [1.807, 2.05) is 44.3 Å². The Labute approximate surface area is 155 Å². The first-order chi connectivity index (χ1) is 12.6. The maximum atomic E-state index is 12.4. The largest absolute Gasteiger partial charge is 0.488 e. The molecule has 7 nitrogen and oxygen atoms in total. The van der Waals surface area contributed by atoms with Gasteiger partial charge in [0.15, 0.2) is 11.5 Å². The number of nitrogens with zero attached hydrogens (tertiary/aromatic N) is 5. The number of rotatable bonds is 5. The number of ether oxygens (including phenoxy) is 1. The summed E-state index contributed by atoms with van der Waals surface area (Å²) >= 11 is 1.41. The summed E-state index contributed by atoms with van der Waals surface area (Å²) in [5, 5.41) is 13.2. The Kier molecular flexibility index (Phi) is 4.50. The lowest BCUT2D eigenvalue weighted by Gasteiger charge is -2.21. The number of benzene rings is 1. The molecule has 0 saturated carbocycles. The van der Waals surface area contributed by atoms with E-state index < -0.39 is 0 Å². The lowest BCUT2D eigenvalue weighted by atomic mass is 10.1. The third-order valence-corrected chi connectivity index (χ3v) is 5.26. The zero-order valence-corrected chi connectivity index (χ0v) is 15.4. The quantitative estimate of drug-likeness (QED) is 0.641. The Hall–Kier alpha value is -2.61. The number of aromatic nitrogens is 4. The number of hydrogen-bond donors (Lipinski definition) is 0. The molecule has 4 rings (SSSR count). The number of thioether (sulfide) groups is 1. The third kappa shape index (κ3) is 3.37. The molecule has 0 spiro atoms. The highest BCUT2D eigenvalue weighted by atomic mass is 32.2. The van der Waals surface area contributed by atoms with E-state index in [1.165, 1.54) is 17.3 Å². The summed E-state index contributed by atoms with van der Waals surface area (Å²) in [6.07, 6.45) is 0.854. The fourth-order valence-electron chi connectivity index (χ4n) is 2.97. The normalized spacial score (nSPS) is 15.7. The number of amides is 1. The van der Waals surface area contributed by atoms with E-state index in [2.05, 4.69) is 21.4 Å². The topological polar surface area (TPSA) is 72.6 Å². The van der Waals surface area contributed by atoms with Gasteiger partial charge in [-0.25, -0.2) is 0 Å². The molecule has 1 aliphatic heterocycles. The van der Waals surface area contributed by atoms with Gasteiger partial charge in [-0.05, 0) is 30.7 Å². The summed E-state index contributed by atoms with van der Waals surface area (Å²) in [7, 11) is 1.82. The van der Waals surface area contributed by atoms with Gasteiger partial charge in [0.1, 0.15) is 16.9 Å². The lowest BCUT2D eigenvalue weighted by molar-refractivity contribution is -0.128. The van der Waals surface area contributed by atoms with Gasteiger partial charge < -0.3 is 9.64 Å². The van der Waals surface area contributed by atoms with Crippen LogP contribution in [0.1, 0.15) is 11.4 Å². The van der Waals surface area contributed by atoms with Crippen LogP contribution in [0.5, 0.6) is 5.75 Å². The lowest BCUT2D eigenvalue weighted by Crippen LogP contribution is -2.37. The van der Waals surface area contributed by atoms with Crippen molar-refractivity contribution in [1.82, 2.24) is 24.7 Å². The third-order valence-electron chi connectivity index (χ3n) is 4.35. The summed E-state index contributed by atoms with van der Waals surface area (Å²) in [6.45, 7) is 2.42. The maximum Gasteiger partial charge on any atom is 0.232 e. The molecule has 0 saturated heterocycles. The van der Waals surface area contributed by atoms with Gasteiger partial charge >= 0.3 is 0 Å². The number of likely N-dealkylation sites (N-methyl/N-ethyl adjacent to an activating group) is 1. The van der Waals surface area contributed by atoms with E-state index in [1.54, 1.807) is 9.42 Å². The van der Waals surface area contributed by atoms with Crippen LogP contribution in [0.15, 0.2) is 41.4 Å². The van der Waals surface area contributed by atoms with Crippen LogP contribution in [0.3, 0.4) is 0 Å². The van der Waals surface area contributed by atoms with Crippen molar-refractivity contribution < 1.29 is 9.53 Å². The Bertz CT molecular complexity index is 933. The van der Waals surface area contributed by atoms with Gasteiger partial charge in [-0.1, -0.05) is 30.0 Å². The average Bonchev–Trinajstić information content (AvgIpc) is 3.22.